The van der Waals surface area contributed by atoms with Gasteiger partial charge in [0.15, 0.2) is 0 Å². The summed E-state index contributed by atoms with van der Waals surface area (Å²) < 4.78 is 7.49. The molecule has 0 amide bonds. The highest BCUT2D eigenvalue weighted by Gasteiger charge is 2.23. The highest BCUT2D eigenvalue weighted by atomic mass is 16.5. The van der Waals surface area contributed by atoms with Crippen LogP contribution in [0, 0.1) is 11.3 Å². The van der Waals surface area contributed by atoms with Crippen molar-refractivity contribution in [2.45, 2.75) is 37.8 Å². The van der Waals surface area contributed by atoms with E-state index in [9.17, 15) is 0 Å². The number of hydrogen-bond acceptors (Lipinski definition) is 2. The van der Waals surface area contributed by atoms with Gasteiger partial charge in [-0.15, -0.1) is 0 Å². The SMILES string of the molecule is COC1CCCC(n2cccc2C#N)C1. The molecule has 2 rings (SSSR count). The summed E-state index contributed by atoms with van der Waals surface area (Å²) in [5.74, 6) is 0. The number of aromatic nitrogens is 1. The lowest BCUT2D eigenvalue weighted by Gasteiger charge is -2.29. The Bertz CT molecular complexity index is 364. The smallest absolute Gasteiger partial charge is 0.120 e. The van der Waals surface area contributed by atoms with Gasteiger partial charge in [0.1, 0.15) is 11.8 Å². The van der Waals surface area contributed by atoms with E-state index in [1.54, 1.807) is 7.11 Å². The summed E-state index contributed by atoms with van der Waals surface area (Å²) in [6, 6.07) is 6.48. The normalized spacial score (nSPS) is 26.1. The van der Waals surface area contributed by atoms with Crippen LogP contribution in [0.25, 0.3) is 0 Å². The molecule has 80 valence electrons. The Kier molecular flexibility index (Phi) is 3.08. The van der Waals surface area contributed by atoms with E-state index in [0.29, 0.717) is 12.1 Å². The summed E-state index contributed by atoms with van der Waals surface area (Å²) in [6.45, 7) is 0. The molecule has 2 unspecified atom stereocenters. The fourth-order valence-electron chi connectivity index (χ4n) is 2.39. The topological polar surface area (TPSA) is 38.0 Å². The molecule has 0 spiro atoms. The molecule has 15 heavy (non-hydrogen) atoms. The first-order valence-corrected chi connectivity index (χ1v) is 5.45. The summed E-state index contributed by atoms with van der Waals surface area (Å²) in [5, 5.41) is 8.96. The molecule has 0 radical (unpaired) electrons. The fraction of sp³-hybridized carbons (Fsp3) is 0.583. The molecule has 1 saturated carbocycles. The van der Waals surface area contributed by atoms with E-state index in [1.165, 1.54) is 6.42 Å². The lowest BCUT2D eigenvalue weighted by atomic mass is 9.92. The summed E-state index contributed by atoms with van der Waals surface area (Å²) in [5.41, 5.74) is 0.761. The summed E-state index contributed by atoms with van der Waals surface area (Å²) in [6.07, 6.45) is 6.88. The van der Waals surface area contributed by atoms with Crippen LogP contribution in [0.1, 0.15) is 37.4 Å². The summed E-state index contributed by atoms with van der Waals surface area (Å²) in [7, 11) is 1.77. The van der Waals surface area contributed by atoms with Crippen molar-refractivity contribution < 1.29 is 4.74 Å². The van der Waals surface area contributed by atoms with Gasteiger partial charge in [0.05, 0.1) is 6.10 Å². The van der Waals surface area contributed by atoms with Crippen molar-refractivity contribution in [3.63, 3.8) is 0 Å². The molecule has 0 saturated heterocycles. The van der Waals surface area contributed by atoms with Crippen LogP contribution in [0.4, 0.5) is 0 Å². The van der Waals surface area contributed by atoms with Gasteiger partial charge < -0.3 is 9.30 Å². The van der Waals surface area contributed by atoms with Gasteiger partial charge in [-0.25, -0.2) is 0 Å². The van der Waals surface area contributed by atoms with Crippen molar-refractivity contribution in [2.75, 3.05) is 7.11 Å². The number of hydrogen-bond donors (Lipinski definition) is 0. The Hall–Kier alpha value is -1.27. The lowest BCUT2D eigenvalue weighted by molar-refractivity contribution is 0.0530. The molecule has 0 bridgehead atoms. The Morgan fingerprint density at radius 3 is 3.13 bits per heavy atom. The molecule has 1 aromatic heterocycles. The van der Waals surface area contributed by atoms with Crippen molar-refractivity contribution in [1.29, 1.82) is 5.26 Å². The quantitative estimate of drug-likeness (QED) is 0.742. The number of nitriles is 1. The zero-order valence-corrected chi connectivity index (χ0v) is 9.02. The Morgan fingerprint density at radius 2 is 2.40 bits per heavy atom. The lowest BCUT2D eigenvalue weighted by Crippen LogP contribution is -2.24. The Labute approximate surface area is 90.3 Å². The second-order valence-electron chi connectivity index (χ2n) is 4.09. The summed E-state index contributed by atoms with van der Waals surface area (Å²) >= 11 is 0. The molecular weight excluding hydrogens is 188 g/mol. The third kappa shape index (κ3) is 2.05. The van der Waals surface area contributed by atoms with E-state index in [4.69, 9.17) is 10.00 Å². The first-order valence-electron chi connectivity index (χ1n) is 5.45. The van der Waals surface area contributed by atoms with Gasteiger partial charge in [0.25, 0.3) is 0 Å². The van der Waals surface area contributed by atoms with Gasteiger partial charge in [0.2, 0.25) is 0 Å². The molecular formula is C12H16N2O. The molecule has 1 fully saturated rings. The van der Waals surface area contributed by atoms with Crippen LogP contribution >= 0.6 is 0 Å². The Balaban J connectivity index is 2.14. The minimum absolute atomic E-state index is 0.359. The zero-order chi connectivity index (χ0) is 10.7. The molecule has 0 N–H and O–H groups in total. The zero-order valence-electron chi connectivity index (χ0n) is 9.02. The summed E-state index contributed by atoms with van der Waals surface area (Å²) in [4.78, 5) is 0. The predicted octanol–water partition coefficient (Wildman–Crippen LogP) is 2.49. The first-order chi connectivity index (χ1) is 7.35. The molecule has 2 atom stereocenters. The molecule has 0 aliphatic heterocycles. The second kappa shape index (κ2) is 4.50. The minimum Gasteiger partial charge on any atom is -0.381 e. The molecule has 1 aromatic rings. The molecule has 0 aromatic carbocycles. The van der Waals surface area contributed by atoms with Gasteiger partial charge in [-0.2, -0.15) is 5.26 Å². The monoisotopic (exact) mass is 204 g/mol. The molecule has 1 aliphatic rings. The molecule has 3 heteroatoms. The minimum atomic E-state index is 0.359. The van der Waals surface area contributed by atoms with Gasteiger partial charge in [-0.05, 0) is 37.8 Å². The third-order valence-electron chi connectivity index (χ3n) is 3.22. The standard InChI is InChI=1S/C12H16N2O/c1-15-12-6-2-4-10(8-12)14-7-3-5-11(14)9-13/h3,5,7,10,12H,2,4,6,8H2,1H3. The van der Waals surface area contributed by atoms with Crippen LogP contribution in [0.3, 0.4) is 0 Å². The number of ether oxygens (including phenoxy) is 1. The van der Waals surface area contributed by atoms with Crippen molar-refractivity contribution >= 4 is 0 Å². The molecule has 1 aliphatic carbocycles. The number of methoxy groups -OCH3 is 1. The van der Waals surface area contributed by atoms with E-state index < -0.39 is 0 Å². The molecule has 1 heterocycles. The van der Waals surface area contributed by atoms with E-state index in [-0.39, 0.29) is 0 Å². The Morgan fingerprint density at radius 1 is 1.53 bits per heavy atom. The van der Waals surface area contributed by atoms with E-state index >= 15 is 0 Å². The average molecular weight is 204 g/mol. The molecule has 3 nitrogen and oxygen atoms in total. The van der Waals surface area contributed by atoms with Gasteiger partial charge in [0, 0.05) is 19.3 Å². The van der Waals surface area contributed by atoms with Crippen molar-refractivity contribution in [1.82, 2.24) is 4.57 Å². The van der Waals surface area contributed by atoms with Crippen LogP contribution in [0.2, 0.25) is 0 Å². The van der Waals surface area contributed by atoms with Crippen LogP contribution in [0.15, 0.2) is 18.3 Å². The first kappa shape index (κ1) is 10.3. The van der Waals surface area contributed by atoms with E-state index in [1.807, 2.05) is 18.3 Å². The fourth-order valence-corrected chi connectivity index (χ4v) is 2.39. The van der Waals surface area contributed by atoms with Crippen LogP contribution in [-0.2, 0) is 4.74 Å². The van der Waals surface area contributed by atoms with Crippen LogP contribution in [-0.4, -0.2) is 17.8 Å². The van der Waals surface area contributed by atoms with E-state index in [2.05, 4.69) is 10.6 Å². The van der Waals surface area contributed by atoms with Crippen molar-refractivity contribution in [2.24, 2.45) is 0 Å². The maximum Gasteiger partial charge on any atom is 0.120 e. The highest BCUT2D eigenvalue weighted by molar-refractivity contribution is 5.23. The average Bonchev–Trinajstić information content (AvgIpc) is 2.77. The van der Waals surface area contributed by atoms with Crippen LogP contribution < -0.4 is 0 Å². The van der Waals surface area contributed by atoms with Crippen molar-refractivity contribution in [3.8, 4) is 6.07 Å². The third-order valence-corrected chi connectivity index (χ3v) is 3.22. The number of rotatable bonds is 2. The van der Waals surface area contributed by atoms with Gasteiger partial charge >= 0.3 is 0 Å². The maximum atomic E-state index is 8.96. The van der Waals surface area contributed by atoms with Crippen LogP contribution in [0.5, 0.6) is 0 Å². The second-order valence-corrected chi connectivity index (χ2v) is 4.09. The predicted molar refractivity (Wildman–Crippen MR) is 57.4 cm³/mol. The highest BCUT2D eigenvalue weighted by Crippen LogP contribution is 2.30. The van der Waals surface area contributed by atoms with Gasteiger partial charge in [-0.1, -0.05) is 0 Å². The maximum absolute atomic E-state index is 8.96. The van der Waals surface area contributed by atoms with Crippen molar-refractivity contribution in [3.05, 3.63) is 24.0 Å². The number of nitrogens with zero attached hydrogens (tertiary/aromatic N) is 2. The van der Waals surface area contributed by atoms with E-state index in [0.717, 1.165) is 25.0 Å². The largest absolute Gasteiger partial charge is 0.381 e. The van der Waals surface area contributed by atoms with Gasteiger partial charge in [-0.3, -0.25) is 0 Å².